The predicted molar refractivity (Wildman–Crippen MR) is 84.2 cm³/mol. The van der Waals surface area contributed by atoms with Gasteiger partial charge in [0.1, 0.15) is 6.61 Å². The summed E-state index contributed by atoms with van der Waals surface area (Å²) in [5.41, 5.74) is 2.44. The van der Waals surface area contributed by atoms with E-state index < -0.39 is 0 Å². The van der Waals surface area contributed by atoms with E-state index in [1.165, 1.54) is 5.56 Å². The predicted octanol–water partition coefficient (Wildman–Crippen LogP) is 2.19. The highest BCUT2D eigenvalue weighted by Gasteiger charge is 2.16. The van der Waals surface area contributed by atoms with Crippen molar-refractivity contribution in [2.45, 2.75) is 45.3 Å². The molecule has 0 spiro atoms. The first-order valence-corrected chi connectivity index (χ1v) is 7.89. The topological polar surface area (TPSA) is 50.4 Å². The van der Waals surface area contributed by atoms with Crippen LogP contribution < -0.4 is 10.6 Å². The fraction of sp³-hybridized carbons (Fsp3) is 0.588. The first kappa shape index (κ1) is 16.0. The van der Waals surface area contributed by atoms with Gasteiger partial charge in [-0.05, 0) is 50.4 Å². The highest BCUT2D eigenvalue weighted by molar-refractivity contribution is 5.77. The number of amides is 1. The van der Waals surface area contributed by atoms with Gasteiger partial charge in [0.2, 0.25) is 5.91 Å². The van der Waals surface area contributed by atoms with Gasteiger partial charge in [0.15, 0.2) is 0 Å². The SMILES string of the molecule is CCc1ccc(C(C)NC(=O)COC2CCNCC2)cc1. The molecule has 4 nitrogen and oxygen atoms in total. The highest BCUT2D eigenvalue weighted by atomic mass is 16.5. The molecule has 1 aromatic rings. The van der Waals surface area contributed by atoms with Crippen molar-refractivity contribution in [3.05, 3.63) is 35.4 Å². The first-order chi connectivity index (χ1) is 10.2. The molecule has 2 rings (SSSR count). The normalized spacial score (nSPS) is 17.4. The molecule has 0 radical (unpaired) electrons. The summed E-state index contributed by atoms with van der Waals surface area (Å²) in [7, 11) is 0. The van der Waals surface area contributed by atoms with Crippen LogP contribution in [0.1, 0.15) is 43.9 Å². The molecule has 1 aliphatic heterocycles. The molecule has 0 saturated carbocycles. The van der Waals surface area contributed by atoms with Crippen molar-refractivity contribution >= 4 is 5.91 Å². The van der Waals surface area contributed by atoms with Crippen LogP contribution in [-0.2, 0) is 16.0 Å². The minimum Gasteiger partial charge on any atom is -0.368 e. The van der Waals surface area contributed by atoms with E-state index in [-0.39, 0.29) is 24.7 Å². The molecule has 1 aliphatic rings. The van der Waals surface area contributed by atoms with Crippen molar-refractivity contribution < 1.29 is 9.53 Å². The van der Waals surface area contributed by atoms with E-state index in [2.05, 4.69) is 41.8 Å². The summed E-state index contributed by atoms with van der Waals surface area (Å²) in [5, 5.41) is 6.28. The van der Waals surface area contributed by atoms with E-state index in [9.17, 15) is 4.79 Å². The largest absolute Gasteiger partial charge is 0.368 e. The second-order valence-electron chi connectivity index (χ2n) is 5.64. The number of nitrogens with one attached hydrogen (secondary N) is 2. The molecular formula is C17H26N2O2. The van der Waals surface area contributed by atoms with Crippen LogP contribution in [-0.4, -0.2) is 31.7 Å². The monoisotopic (exact) mass is 290 g/mol. The number of benzene rings is 1. The van der Waals surface area contributed by atoms with Crippen molar-refractivity contribution in [1.29, 1.82) is 0 Å². The van der Waals surface area contributed by atoms with Gasteiger partial charge in [0, 0.05) is 0 Å². The van der Waals surface area contributed by atoms with Crippen molar-refractivity contribution in [3.63, 3.8) is 0 Å². The van der Waals surface area contributed by atoms with Crippen molar-refractivity contribution in [2.75, 3.05) is 19.7 Å². The maximum atomic E-state index is 11.9. The van der Waals surface area contributed by atoms with E-state index in [0.717, 1.165) is 37.9 Å². The second kappa shape index (κ2) is 8.15. The third-order valence-corrected chi connectivity index (χ3v) is 4.00. The Morgan fingerprint density at radius 3 is 2.62 bits per heavy atom. The van der Waals surface area contributed by atoms with Crippen molar-refractivity contribution in [1.82, 2.24) is 10.6 Å². The number of carbonyl (C=O) groups excluding carboxylic acids is 1. The Kier molecular flexibility index (Phi) is 6.21. The van der Waals surface area contributed by atoms with Crippen LogP contribution >= 0.6 is 0 Å². The van der Waals surface area contributed by atoms with E-state index >= 15 is 0 Å². The van der Waals surface area contributed by atoms with Gasteiger partial charge in [-0.3, -0.25) is 4.79 Å². The Labute approximate surface area is 127 Å². The molecule has 0 aliphatic carbocycles. The standard InChI is InChI=1S/C17H26N2O2/c1-3-14-4-6-15(7-5-14)13(2)19-17(20)12-21-16-8-10-18-11-9-16/h4-7,13,16,18H,3,8-12H2,1-2H3,(H,19,20). The molecule has 2 N–H and O–H groups in total. The van der Waals surface area contributed by atoms with Crippen molar-refractivity contribution in [2.24, 2.45) is 0 Å². The van der Waals surface area contributed by atoms with Gasteiger partial charge in [0.05, 0.1) is 12.1 Å². The molecular weight excluding hydrogens is 264 g/mol. The Hall–Kier alpha value is -1.39. The molecule has 0 aromatic heterocycles. The smallest absolute Gasteiger partial charge is 0.246 e. The molecule has 1 aromatic carbocycles. The maximum Gasteiger partial charge on any atom is 0.246 e. The Bertz CT molecular complexity index is 439. The number of aryl methyl sites for hydroxylation is 1. The van der Waals surface area contributed by atoms with Crippen LogP contribution in [0, 0.1) is 0 Å². The molecule has 4 heteroatoms. The Balaban J connectivity index is 1.75. The zero-order valence-electron chi connectivity index (χ0n) is 13.0. The van der Waals surface area contributed by atoms with E-state index in [1.807, 2.05) is 6.92 Å². The third-order valence-electron chi connectivity index (χ3n) is 4.00. The van der Waals surface area contributed by atoms with E-state index in [0.29, 0.717) is 0 Å². The van der Waals surface area contributed by atoms with Crippen LogP contribution in [0.15, 0.2) is 24.3 Å². The molecule has 1 fully saturated rings. The lowest BCUT2D eigenvalue weighted by Gasteiger charge is -2.23. The Morgan fingerprint density at radius 1 is 1.33 bits per heavy atom. The van der Waals surface area contributed by atoms with Gasteiger partial charge >= 0.3 is 0 Å². The van der Waals surface area contributed by atoms with Gasteiger partial charge in [-0.25, -0.2) is 0 Å². The highest BCUT2D eigenvalue weighted by Crippen LogP contribution is 2.14. The van der Waals surface area contributed by atoms with Gasteiger partial charge in [-0.15, -0.1) is 0 Å². The second-order valence-corrected chi connectivity index (χ2v) is 5.64. The number of rotatable bonds is 6. The number of carbonyl (C=O) groups is 1. The van der Waals surface area contributed by atoms with Crippen LogP contribution in [0.4, 0.5) is 0 Å². The number of ether oxygens (including phenoxy) is 1. The summed E-state index contributed by atoms with van der Waals surface area (Å²) >= 11 is 0. The zero-order valence-corrected chi connectivity index (χ0v) is 13.0. The van der Waals surface area contributed by atoms with Crippen molar-refractivity contribution in [3.8, 4) is 0 Å². The molecule has 21 heavy (non-hydrogen) atoms. The summed E-state index contributed by atoms with van der Waals surface area (Å²) in [6.07, 6.45) is 3.23. The summed E-state index contributed by atoms with van der Waals surface area (Å²) in [4.78, 5) is 11.9. The average Bonchev–Trinajstić information content (AvgIpc) is 2.54. The first-order valence-electron chi connectivity index (χ1n) is 7.89. The number of hydrogen-bond acceptors (Lipinski definition) is 3. The lowest BCUT2D eigenvalue weighted by atomic mass is 10.1. The lowest BCUT2D eigenvalue weighted by Crippen LogP contribution is -2.36. The molecule has 1 unspecified atom stereocenters. The van der Waals surface area contributed by atoms with Crippen LogP contribution in [0.3, 0.4) is 0 Å². The summed E-state index contributed by atoms with van der Waals surface area (Å²) in [6, 6.07) is 8.40. The average molecular weight is 290 g/mol. The minimum atomic E-state index is -0.0411. The van der Waals surface area contributed by atoms with E-state index in [4.69, 9.17) is 4.74 Å². The van der Waals surface area contributed by atoms with Gasteiger partial charge < -0.3 is 15.4 Å². The minimum absolute atomic E-state index is 0.0139. The number of piperidine rings is 1. The number of hydrogen-bond donors (Lipinski definition) is 2. The van der Waals surface area contributed by atoms with Gasteiger partial charge in [-0.1, -0.05) is 31.2 Å². The molecule has 0 bridgehead atoms. The van der Waals surface area contributed by atoms with Gasteiger partial charge in [0.25, 0.3) is 0 Å². The zero-order chi connectivity index (χ0) is 15.1. The van der Waals surface area contributed by atoms with E-state index in [1.54, 1.807) is 0 Å². The molecule has 1 amide bonds. The fourth-order valence-electron chi connectivity index (χ4n) is 2.56. The summed E-state index contributed by atoms with van der Waals surface area (Å²) in [6.45, 7) is 6.25. The third kappa shape index (κ3) is 5.14. The lowest BCUT2D eigenvalue weighted by molar-refractivity contribution is -0.128. The molecule has 1 atom stereocenters. The molecule has 1 heterocycles. The quantitative estimate of drug-likeness (QED) is 0.844. The summed E-state index contributed by atoms with van der Waals surface area (Å²) in [5.74, 6) is -0.0411. The van der Waals surface area contributed by atoms with Crippen LogP contribution in [0.2, 0.25) is 0 Å². The van der Waals surface area contributed by atoms with Gasteiger partial charge in [-0.2, -0.15) is 0 Å². The van der Waals surface area contributed by atoms with Crippen LogP contribution in [0.25, 0.3) is 0 Å². The maximum absolute atomic E-state index is 11.9. The summed E-state index contributed by atoms with van der Waals surface area (Å²) < 4.78 is 5.67. The molecule has 116 valence electrons. The molecule has 1 saturated heterocycles. The van der Waals surface area contributed by atoms with Crippen LogP contribution in [0.5, 0.6) is 0 Å². The Morgan fingerprint density at radius 2 is 2.00 bits per heavy atom. The fourth-order valence-corrected chi connectivity index (χ4v) is 2.56.